The SMILES string of the molecule is CCC(=O)Nc1cc(-c2c(-c3ccc(F)cc3)nn3c2OCC(F)(F)C3)ccn1. The van der Waals surface area contributed by atoms with Crippen molar-refractivity contribution in [3.8, 4) is 28.3 Å². The number of hydrogen-bond acceptors (Lipinski definition) is 4. The molecule has 0 saturated heterocycles. The zero-order valence-corrected chi connectivity index (χ0v) is 15.5. The van der Waals surface area contributed by atoms with Crippen molar-refractivity contribution in [3.05, 3.63) is 48.4 Å². The van der Waals surface area contributed by atoms with Crippen LogP contribution < -0.4 is 10.1 Å². The van der Waals surface area contributed by atoms with Crippen molar-refractivity contribution in [2.75, 3.05) is 11.9 Å². The van der Waals surface area contributed by atoms with Crippen molar-refractivity contribution in [3.63, 3.8) is 0 Å². The third kappa shape index (κ3) is 3.80. The van der Waals surface area contributed by atoms with Crippen LogP contribution in [0.4, 0.5) is 19.0 Å². The number of amides is 1. The summed E-state index contributed by atoms with van der Waals surface area (Å²) in [4.78, 5) is 15.8. The van der Waals surface area contributed by atoms with Gasteiger partial charge < -0.3 is 10.1 Å². The molecule has 1 aliphatic rings. The molecule has 4 rings (SSSR count). The first-order valence-corrected chi connectivity index (χ1v) is 9.00. The first-order chi connectivity index (χ1) is 13.9. The van der Waals surface area contributed by atoms with E-state index in [1.54, 1.807) is 19.1 Å². The Labute approximate surface area is 164 Å². The van der Waals surface area contributed by atoms with Gasteiger partial charge in [0.1, 0.15) is 23.9 Å². The summed E-state index contributed by atoms with van der Waals surface area (Å²) in [6.07, 6.45) is 1.78. The number of aromatic nitrogens is 3. The second-order valence-corrected chi connectivity index (χ2v) is 6.67. The zero-order chi connectivity index (χ0) is 20.6. The van der Waals surface area contributed by atoms with Gasteiger partial charge in [-0.25, -0.2) is 22.8 Å². The number of alkyl halides is 2. The molecule has 1 amide bonds. The predicted octanol–water partition coefficient (Wildman–Crippen LogP) is 4.13. The number of fused-ring (bicyclic) bond motifs is 1. The number of pyridine rings is 1. The lowest BCUT2D eigenvalue weighted by Crippen LogP contribution is -2.36. The highest BCUT2D eigenvalue weighted by atomic mass is 19.3. The zero-order valence-electron chi connectivity index (χ0n) is 15.5. The average Bonchev–Trinajstić information content (AvgIpc) is 3.06. The topological polar surface area (TPSA) is 69.0 Å². The van der Waals surface area contributed by atoms with Gasteiger partial charge in [-0.05, 0) is 42.0 Å². The molecule has 0 unspecified atom stereocenters. The average molecular weight is 402 g/mol. The Balaban J connectivity index is 1.86. The van der Waals surface area contributed by atoms with Crippen LogP contribution in [-0.2, 0) is 11.3 Å². The van der Waals surface area contributed by atoms with Gasteiger partial charge in [0.25, 0.3) is 0 Å². The highest BCUT2D eigenvalue weighted by molar-refractivity contribution is 5.91. The highest BCUT2D eigenvalue weighted by Crippen LogP contribution is 2.42. The van der Waals surface area contributed by atoms with Crippen LogP contribution in [0, 0.1) is 5.82 Å². The van der Waals surface area contributed by atoms with E-state index in [9.17, 15) is 18.0 Å². The number of benzene rings is 1. The van der Waals surface area contributed by atoms with Gasteiger partial charge >= 0.3 is 5.92 Å². The molecule has 29 heavy (non-hydrogen) atoms. The summed E-state index contributed by atoms with van der Waals surface area (Å²) in [5, 5.41) is 6.98. The molecule has 0 bridgehead atoms. The Bertz CT molecular complexity index is 1060. The molecular formula is C20H17F3N4O2. The van der Waals surface area contributed by atoms with Crippen LogP contribution in [0.5, 0.6) is 5.88 Å². The van der Waals surface area contributed by atoms with E-state index in [2.05, 4.69) is 15.4 Å². The first kappa shape index (κ1) is 19.0. The van der Waals surface area contributed by atoms with Gasteiger partial charge in [0.15, 0.2) is 6.61 Å². The van der Waals surface area contributed by atoms with E-state index in [1.165, 1.54) is 30.5 Å². The van der Waals surface area contributed by atoms with Crippen LogP contribution in [0.25, 0.3) is 22.4 Å². The molecule has 0 spiro atoms. The lowest BCUT2D eigenvalue weighted by molar-refractivity contribution is -0.115. The van der Waals surface area contributed by atoms with Gasteiger partial charge in [-0.3, -0.25) is 4.79 Å². The van der Waals surface area contributed by atoms with Gasteiger partial charge in [0, 0.05) is 18.2 Å². The Morgan fingerprint density at radius 2 is 2.00 bits per heavy atom. The molecule has 9 heteroatoms. The van der Waals surface area contributed by atoms with Crippen molar-refractivity contribution < 1.29 is 22.7 Å². The maximum Gasteiger partial charge on any atom is 0.300 e. The quantitative estimate of drug-likeness (QED) is 0.713. The van der Waals surface area contributed by atoms with Crippen LogP contribution in [0.2, 0.25) is 0 Å². The third-order valence-electron chi connectivity index (χ3n) is 4.46. The molecule has 0 saturated carbocycles. The van der Waals surface area contributed by atoms with E-state index in [4.69, 9.17) is 4.74 Å². The fraction of sp³-hybridized carbons (Fsp3) is 0.250. The van der Waals surface area contributed by atoms with E-state index < -0.39 is 24.9 Å². The Hall–Kier alpha value is -3.36. The van der Waals surface area contributed by atoms with Crippen molar-refractivity contribution in [1.29, 1.82) is 0 Å². The Kier molecular flexibility index (Phi) is 4.73. The van der Waals surface area contributed by atoms with Gasteiger partial charge in [-0.1, -0.05) is 6.92 Å². The monoisotopic (exact) mass is 402 g/mol. The summed E-state index contributed by atoms with van der Waals surface area (Å²) < 4.78 is 47.5. The molecule has 0 atom stereocenters. The van der Waals surface area contributed by atoms with Crippen molar-refractivity contribution in [2.24, 2.45) is 0 Å². The van der Waals surface area contributed by atoms with E-state index in [0.29, 0.717) is 28.2 Å². The van der Waals surface area contributed by atoms with Crippen molar-refractivity contribution in [2.45, 2.75) is 25.8 Å². The van der Waals surface area contributed by atoms with Crippen LogP contribution in [0.1, 0.15) is 13.3 Å². The number of nitrogens with one attached hydrogen (secondary N) is 1. The largest absolute Gasteiger partial charge is 0.471 e. The second kappa shape index (κ2) is 7.23. The minimum absolute atomic E-state index is 0.189. The molecule has 0 radical (unpaired) electrons. The second-order valence-electron chi connectivity index (χ2n) is 6.67. The number of halogens is 3. The van der Waals surface area contributed by atoms with E-state index >= 15 is 0 Å². The summed E-state index contributed by atoms with van der Waals surface area (Å²) in [5.41, 5.74) is 1.97. The number of ether oxygens (including phenoxy) is 1. The number of carbonyl (C=O) groups is 1. The van der Waals surface area contributed by atoms with Gasteiger partial charge in [0.2, 0.25) is 11.8 Å². The van der Waals surface area contributed by atoms with E-state index in [0.717, 1.165) is 4.68 Å². The summed E-state index contributed by atoms with van der Waals surface area (Å²) >= 11 is 0. The van der Waals surface area contributed by atoms with Crippen LogP contribution >= 0.6 is 0 Å². The molecule has 2 aromatic heterocycles. The molecule has 6 nitrogen and oxygen atoms in total. The number of anilines is 1. The molecular weight excluding hydrogens is 385 g/mol. The normalized spacial score (nSPS) is 14.8. The van der Waals surface area contributed by atoms with Gasteiger partial charge in [-0.2, -0.15) is 5.10 Å². The predicted molar refractivity (Wildman–Crippen MR) is 100 cm³/mol. The van der Waals surface area contributed by atoms with Gasteiger partial charge in [0.05, 0.1) is 5.56 Å². The summed E-state index contributed by atoms with van der Waals surface area (Å²) in [7, 11) is 0. The maximum atomic E-state index is 13.8. The molecule has 1 aliphatic heterocycles. The lowest BCUT2D eigenvalue weighted by Gasteiger charge is -2.24. The fourth-order valence-electron chi connectivity index (χ4n) is 3.09. The van der Waals surface area contributed by atoms with E-state index in [-0.39, 0.29) is 18.2 Å². The molecule has 150 valence electrons. The first-order valence-electron chi connectivity index (χ1n) is 9.00. The lowest BCUT2D eigenvalue weighted by atomic mass is 10.0. The van der Waals surface area contributed by atoms with Crippen molar-refractivity contribution in [1.82, 2.24) is 14.8 Å². The Morgan fingerprint density at radius 1 is 1.24 bits per heavy atom. The minimum atomic E-state index is -3.05. The van der Waals surface area contributed by atoms with Crippen molar-refractivity contribution >= 4 is 11.7 Å². The smallest absolute Gasteiger partial charge is 0.300 e. The molecule has 3 heterocycles. The van der Waals surface area contributed by atoms with Crippen LogP contribution in [0.3, 0.4) is 0 Å². The Morgan fingerprint density at radius 3 is 2.72 bits per heavy atom. The standard InChI is InChI=1S/C20H17F3N4O2/c1-2-16(28)25-15-9-13(7-8-24-15)17-18(12-3-5-14(21)6-4-12)26-27-10-20(22,23)11-29-19(17)27/h3-9H,2,10-11H2,1H3,(H,24,25,28). The number of carbonyl (C=O) groups excluding carboxylic acids is 1. The third-order valence-corrected chi connectivity index (χ3v) is 4.46. The molecule has 0 aliphatic carbocycles. The molecule has 1 N–H and O–H groups in total. The van der Waals surface area contributed by atoms with Crippen LogP contribution in [-0.4, -0.2) is 33.2 Å². The molecule has 3 aromatic rings. The van der Waals surface area contributed by atoms with Gasteiger partial charge in [-0.15, -0.1) is 0 Å². The summed E-state index contributed by atoms with van der Waals surface area (Å²) in [6.45, 7) is 0.327. The highest BCUT2D eigenvalue weighted by Gasteiger charge is 2.39. The fourth-order valence-corrected chi connectivity index (χ4v) is 3.09. The maximum absolute atomic E-state index is 13.8. The van der Waals surface area contributed by atoms with E-state index in [1.807, 2.05) is 0 Å². The molecule has 1 aromatic carbocycles. The summed E-state index contributed by atoms with van der Waals surface area (Å²) in [6, 6.07) is 8.87. The minimum Gasteiger partial charge on any atom is -0.471 e. The number of hydrogen-bond donors (Lipinski definition) is 1. The molecule has 0 fully saturated rings. The summed E-state index contributed by atoms with van der Waals surface area (Å²) in [5.74, 6) is -3.17. The van der Waals surface area contributed by atoms with Crippen LogP contribution in [0.15, 0.2) is 42.6 Å². The number of rotatable bonds is 4. The number of nitrogens with zero attached hydrogens (tertiary/aromatic N) is 3.